The van der Waals surface area contributed by atoms with Gasteiger partial charge >= 0.3 is 6.09 Å². The molecule has 118 valence electrons. The first kappa shape index (κ1) is 14.6. The molecule has 3 rings (SSSR count). The minimum absolute atomic E-state index is 0.0768. The number of hydrogen-bond acceptors (Lipinski definition) is 4. The van der Waals surface area contributed by atoms with E-state index in [4.69, 9.17) is 4.74 Å². The number of hydrogen-bond donors (Lipinski definition) is 0. The first-order valence-electron chi connectivity index (χ1n) is 7.25. The molecule has 2 saturated heterocycles. The minimum atomic E-state index is -0.523. The molecule has 0 spiro atoms. The Morgan fingerprint density at radius 3 is 2.36 bits per heavy atom. The third-order valence-electron chi connectivity index (χ3n) is 4.19. The van der Waals surface area contributed by atoms with Crippen LogP contribution in [-0.4, -0.2) is 67.7 Å². The third kappa shape index (κ3) is 2.70. The Hall–Kier alpha value is -2.31. The van der Waals surface area contributed by atoms with Crippen molar-refractivity contribution < 1.29 is 18.7 Å². The van der Waals surface area contributed by atoms with E-state index < -0.39 is 12.1 Å². The monoisotopic (exact) mass is 307 g/mol. The normalized spacial score (nSPS) is 22.0. The Morgan fingerprint density at radius 1 is 1.18 bits per heavy atom. The summed E-state index contributed by atoms with van der Waals surface area (Å²) in [4.78, 5) is 29.0. The number of benzene rings is 1. The van der Waals surface area contributed by atoms with Gasteiger partial charge in [0.1, 0.15) is 18.5 Å². The van der Waals surface area contributed by atoms with Crippen molar-refractivity contribution in [2.75, 3.05) is 44.7 Å². The molecular formula is C15H18FN3O3. The summed E-state index contributed by atoms with van der Waals surface area (Å²) in [6, 6.07) is 5.82. The number of likely N-dealkylation sites (N-methyl/N-ethyl adjacent to an activating group) is 1. The molecule has 0 N–H and O–H groups in total. The summed E-state index contributed by atoms with van der Waals surface area (Å²) in [7, 11) is 1.58. The third-order valence-corrected chi connectivity index (χ3v) is 4.19. The molecule has 2 fully saturated rings. The molecule has 0 radical (unpaired) electrons. The van der Waals surface area contributed by atoms with Crippen LogP contribution in [-0.2, 0) is 9.53 Å². The van der Waals surface area contributed by atoms with Crippen LogP contribution < -0.4 is 4.90 Å². The maximum atomic E-state index is 12.9. The summed E-state index contributed by atoms with van der Waals surface area (Å²) in [5.74, 6) is -0.335. The van der Waals surface area contributed by atoms with Gasteiger partial charge in [0.2, 0.25) is 5.91 Å². The summed E-state index contributed by atoms with van der Waals surface area (Å²) in [5.41, 5.74) is 0.949. The Morgan fingerprint density at radius 2 is 1.82 bits per heavy atom. The van der Waals surface area contributed by atoms with Gasteiger partial charge in [0.15, 0.2) is 0 Å². The largest absolute Gasteiger partial charge is 0.447 e. The summed E-state index contributed by atoms with van der Waals surface area (Å²) in [6.45, 7) is 2.64. The fourth-order valence-corrected chi connectivity index (χ4v) is 2.78. The number of carbonyl (C=O) groups excluding carboxylic acids is 2. The molecule has 2 aliphatic rings. The molecule has 0 aromatic heterocycles. The molecule has 22 heavy (non-hydrogen) atoms. The lowest BCUT2D eigenvalue weighted by Gasteiger charge is -2.37. The summed E-state index contributed by atoms with van der Waals surface area (Å²) >= 11 is 0. The van der Waals surface area contributed by atoms with Gasteiger partial charge in [-0.15, -0.1) is 0 Å². The van der Waals surface area contributed by atoms with Crippen molar-refractivity contribution in [3.05, 3.63) is 30.1 Å². The van der Waals surface area contributed by atoms with E-state index in [2.05, 4.69) is 4.90 Å². The minimum Gasteiger partial charge on any atom is -0.447 e. The predicted molar refractivity (Wildman–Crippen MR) is 78.1 cm³/mol. The molecule has 1 unspecified atom stereocenters. The molecular weight excluding hydrogens is 289 g/mol. The second kappa shape index (κ2) is 5.82. The number of amides is 2. The number of cyclic esters (lactones) is 1. The predicted octanol–water partition coefficient (Wildman–Crippen LogP) is 0.925. The number of ether oxygens (including phenoxy) is 1. The summed E-state index contributed by atoms with van der Waals surface area (Å²) < 4.78 is 17.8. The topological polar surface area (TPSA) is 53.1 Å². The van der Waals surface area contributed by atoms with Crippen LogP contribution in [0.1, 0.15) is 0 Å². The first-order valence-corrected chi connectivity index (χ1v) is 7.25. The fraction of sp³-hybridized carbons (Fsp3) is 0.467. The number of rotatable bonds is 2. The molecule has 0 saturated carbocycles. The maximum Gasteiger partial charge on any atom is 0.410 e. The summed E-state index contributed by atoms with van der Waals surface area (Å²) in [6.07, 6.45) is -0.455. The van der Waals surface area contributed by atoms with Crippen LogP contribution in [0.5, 0.6) is 0 Å². The number of halogens is 1. The van der Waals surface area contributed by atoms with Crippen molar-refractivity contribution in [3.63, 3.8) is 0 Å². The van der Waals surface area contributed by atoms with Crippen LogP contribution in [0.25, 0.3) is 0 Å². The van der Waals surface area contributed by atoms with Crippen LogP contribution in [0.4, 0.5) is 14.9 Å². The molecule has 1 aromatic rings. The zero-order valence-corrected chi connectivity index (χ0v) is 12.4. The lowest BCUT2D eigenvalue weighted by Crippen LogP contribution is -2.54. The number of anilines is 1. The van der Waals surface area contributed by atoms with Crippen LogP contribution in [0.2, 0.25) is 0 Å². The Balaban J connectivity index is 1.58. The Bertz CT molecular complexity index is 570. The zero-order chi connectivity index (χ0) is 15.7. The molecule has 2 heterocycles. The van der Waals surface area contributed by atoms with E-state index >= 15 is 0 Å². The van der Waals surface area contributed by atoms with Gasteiger partial charge in [0.05, 0.1) is 0 Å². The van der Waals surface area contributed by atoms with Crippen LogP contribution >= 0.6 is 0 Å². The van der Waals surface area contributed by atoms with Gasteiger partial charge < -0.3 is 14.5 Å². The van der Waals surface area contributed by atoms with Gasteiger partial charge in [0, 0.05) is 38.9 Å². The van der Waals surface area contributed by atoms with Crippen LogP contribution in [0.3, 0.4) is 0 Å². The van der Waals surface area contributed by atoms with Crippen LogP contribution in [0, 0.1) is 5.82 Å². The molecule has 1 atom stereocenters. The van der Waals surface area contributed by atoms with Crippen molar-refractivity contribution in [2.45, 2.75) is 6.04 Å². The number of piperazine rings is 1. The zero-order valence-electron chi connectivity index (χ0n) is 12.4. The highest BCUT2D eigenvalue weighted by atomic mass is 19.1. The van der Waals surface area contributed by atoms with Gasteiger partial charge in [-0.25, -0.2) is 9.18 Å². The van der Waals surface area contributed by atoms with E-state index in [1.807, 2.05) is 0 Å². The van der Waals surface area contributed by atoms with Crippen molar-refractivity contribution in [3.8, 4) is 0 Å². The van der Waals surface area contributed by atoms with Gasteiger partial charge in [-0.3, -0.25) is 9.69 Å². The van der Waals surface area contributed by atoms with E-state index in [0.29, 0.717) is 26.2 Å². The average molecular weight is 307 g/mol. The standard InChI is InChI=1S/C15H18FN3O3/c1-17-13(10-22-15(17)21)14(20)19-8-6-18(7-9-19)12-4-2-11(16)3-5-12/h2-5,13H,6-10H2,1H3. The average Bonchev–Trinajstić information content (AvgIpc) is 2.87. The van der Waals surface area contributed by atoms with Gasteiger partial charge in [-0.2, -0.15) is 0 Å². The van der Waals surface area contributed by atoms with Gasteiger partial charge in [-0.05, 0) is 24.3 Å². The highest BCUT2D eigenvalue weighted by Gasteiger charge is 2.38. The summed E-state index contributed by atoms with van der Waals surface area (Å²) in [5, 5.41) is 0. The molecule has 2 aliphatic heterocycles. The van der Waals surface area contributed by atoms with Crippen molar-refractivity contribution in [1.82, 2.24) is 9.80 Å². The smallest absolute Gasteiger partial charge is 0.410 e. The molecule has 2 amide bonds. The quantitative estimate of drug-likeness (QED) is 0.815. The first-order chi connectivity index (χ1) is 10.6. The highest BCUT2D eigenvalue weighted by molar-refractivity contribution is 5.88. The molecule has 0 aliphatic carbocycles. The number of nitrogens with zero attached hydrogens (tertiary/aromatic N) is 3. The maximum absolute atomic E-state index is 12.9. The number of carbonyl (C=O) groups is 2. The van der Waals surface area contributed by atoms with E-state index in [1.165, 1.54) is 17.0 Å². The Labute approximate surface area is 128 Å². The van der Waals surface area contributed by atoms with Crippen LogP contribution in [0.15, 0.2) is 24.3 Å². The van der Waals surface area contributed by atoms with E-state index in [0.717, 1.165) is 5.69 Å². The molecule has 6 nitrogen and oxygen atoms in total. The van der Waals surface area contributed by atoms with Crippen molar-refractivity contribution >= 4 is 17.7 Å². The second-order valence-electron chi connectivity index (χ2n) is 5.49. The van der Waals surface area contributed by atoms with Gasteiger partial charge in [0.25, 0.3) is 0 Å². The second-order valence-corrected chi connectivity index (χ2v) is 5.49. The van der Waals surface area contributed by atoms with E-state index in [-0.39, 0.29) is 18.3 Å². The lowest BCUT2D eigenvalue weighted by molar-refractivity contribution is -0.135. The van der Waals surface area contributed by atoms with E-state index in [1.54, 1.807) is 24.1 Å². The van der Waals surface area contributed by atoms with E-state index in [9.17, 15) is 14.0 Å². The van der Waals surface area contributed by atoms with Crippen molar-refractivity contribution in [2.24, 2.45) is 0 Å². The van der Waals surface area contributed by atoms with Gasteiger partial charge in [-0.1, -0.05) is 0 Å². The Kier molecular flexibility index (Phi) is 3.87. The highest BCUT2D eigenvalue weighted by Crippen LogP contribution is 2.19. The molecule has 1 aromatic carbocycles. The van der Waals surface area contributed by atoms with Crippen molar-refractivity contribution in [1.29, 1.82) is 0 Å². The molecule has 0 bridgehead atoms. The molecule has 7 heteroatoms. The fourth-order valence-electron chi connectivity index (χ4n) is 2.78. The SMILES string of the molecule is CN1C(=O)OCC1C(=O)N1CCN(c2ccc(F)cc2)CC1. The lowest BCUT2D eigenvalue weighted by atomic mass is 10.2.